The van der Waals surface area contributed by atoms with Crippen molar-refractivity contribution in [1.29, 1.82) is 0 Å². The Kier molecular flexibility index (Phi) is 5.40. The number of esters is 1. The van der Waals surface area contributed by atoms with Crippen LogP contribution < -0.4 is 5.32 Å². The van der Waals surface area contributed by atoms with Crippen LogP contribution in [-0.2, 0) is 9.53 Å². The summed E-state index contributed by atoms with van der Waals surface area (Å²) >= 11 is 0. The first-order valence-corrected chi connectivity index (χ1v) is 6.62. The van der Waals surface area contributed by atoms with Gasteiger partial charge in [0.15, 0.2) is 0 Å². The fourth-order valence-electron chi connectivity index (χ4n) is 2.22. The Morgan fingerprint density at radius 3 is 2.59 bits per heavy atom. The van der Waals surface area contributed by atoms with Gasteiger partial charge in [0.1, 0.15) is 5.54 Å². The van der Waals surface area contributed by atoms with Gasteiger partial charge in [-0.25, -0.2) is 0 Å². The Hall–Kier alpha value is -0.610. The molecule has 0 spiro atoms. The van der Waals surface area contributed by atoms with Crippen molar-refractivity contribution < 1.29 is 9.53 Å². The summed E-state index contributed by atoms with van der Waals surface area (Å²) in [5.74, 6) is 0.692. The second-order valence-corrected chi connectivity index (χ2v) is 5.22. The third kappa shape index (κ3) is 4.64. The van der Waals surface area contributed by atoms with E-state index in [4.69, 9.17) is 4.74 Å². The first-order chi connectivity index (χ1) is 8.01. The molecule has 1 aliphatic carbocycles. The van der Waals surface area contributed by atoms with Gasteiger partial charge in [0.05, 0.1) is 6.61 Å². The molecule has 0 bridgehead atoms. The second kappa shape index (κ2) is 6.36. The summed E-state index contributed by atoms with van der Waals surface area (Å²) in [5, 5.41) is 3.25. The molecule has 0 aromatic carbocycles. The van der Waals surface area contributed by atoms with E-state index in [1.54, 1.807) is 0 Å². The highest BCUT2D eigenvalue weighted by Gasteiger charge is 2.36. The molecular formula is C13H26N2O2. The van der Waals surface area contributed by atoms with Gasteiger partial charge in [0.25, 0.3) is 0 Å². The molecule has 4 nitrogen and oxygen atoms in total. The standard InChI is InChI=1S/C13H26N2O2/c1-5-14-13(3,12(16)17-6-2)10-15(4)9-11-7-8-11/h11,14H,5-10H2,1-4H3. The lowest BCUT2D eigenvalue weighted by Gasteiger charge is -2.32. The molecule has 0 aromatic rings. The summed E-state index contributed by atoms with van der Waals surface area (Å²) in [6, 6.07) is 0. The van der Waals surface area contributed by atoms with Crippen LogP contribution in [0.2, 0.25) is 0 Å². The first-order valence-electron chi connectivity index (χ1n) is 6.62. The molecule has 0 aliphatic heterocycles. The third-order valence-electron chi connectivity index (χ3n) is 3.15. The average molecular weight is 242 g/mol. The van der Waals surface area contributed by atoms with E-state index in [2.05, 4.69) is 17.3 Å². The van der Waals surface area contributed by atoms with Crippen LogP contribution in [0.15, 0.2) is 0 Å². The molecule has 1 unspecified atom stereocenters. The average Bonchev–Trinajstić information content (AvgIpc) is 3.01. The fourth-order valence-corrected chi connectivity index (χ4v) is 2.22. The summed E-state index contributed by atoms with van der Waals surface area (Å²) in [4.78, 5) is 14.2. The molecule has 1 atom stereocenters. The molecule has 1 rings (SSSR count). The summed E-state index contributed by atoms with van der Waals surface area (Å²) in [5.41, 5.74) is -0.589. The van der Waals surface area contributed by atoms with Crippen LogP contribution in [0.5, 0.6) is 0 Å². The maximum atomic E-state index is 12.0. The molecule has 4 heteroatoms. The van der Waals surface area contributed by atoms with E-state index in [1.165, 1.54) is 12.8 Å². The van der Waals surface area contributed by atoms with Crippen molar-refractivity contribution in [2.75, 3.05) is 33.3 Å². The van der Waals surface area contributed by atoms with E-state index in [9.17, 15) is 4.79 Å². The lowest BCUT2D eigenvalue weighted by atomic mass is 10.0. The molecular weight excluding hydrogens is 216 g/mol. The Morgan fingerprint density at radius 1 is 1.47 bits per heavy atom. The Balaban J connectivity index is 2.51. The Bertz CT molecular complexity index is 254. The zero-order valence-corrected chi connectivity index (χ0v) is 11.6. The van der Waals surface area contributed by atoms with Crippen molar-refractivity contribution in [3.8, 4) is 0 Å². The quantitative estimate of drug-likeness (QED) is 0.651. The number of likely N-dealkylation sites (N-methyl/N-ethyl adjacent to an activating group) is 2. The molecule has 1 aliphatic rings. The van der Waals surface area contributed by atoms with Crippen molar-refractivity contribution in [3.05, 3.63) is 0 Å². The minimum atomic E-state index is -0.589. The maximum Gasteiger partial charge on any atom is 0.327 e. The number of hydrogen-bond donors (Lipinski definition) is 1. The van der Waals surface area contributed by atoms with E-state index < -0.39 is 5.54 Å². The van der Waals surface area contributed by atoms with Crippen molar-refractivity contribution in [2.45, 2.75) is 39.2 Å². The van der Waals surface area contributed by atoms with Crippen molar-refractivity contribution in [2.24, 2.45) is 5.92 Å². The zero-order chi connectivity index (χ0) is 12.9. The number of carbonyl (C=O) groups is 1. The highest BCUT2D eigenvalue weighted by molar-refractivity contribution is 5.80. The van der Waals surface area contributed by atoms with Gasteiger partial charge in [-0.1, -0.05) is 6.92 Å². The van der Waals surface area contributed by atoms with E-state index >= 15 is 0 Å². The van der Waals surface area contributed by atoms with Crippen LogP contribution in [0.1, 0.15) is 33.6 Å². The van der Waals surface area contributed by atoms with Gasteiger partial charge in [0.2, 0.25) is 0 Å². The molecule has 17 heavy (non-hydrogen) atoms. The maximum absolute atomic E-state index is 12.0. The molecule has 0 aromatic heterocycles. The van der Waals surface area contributed by atoms with Gasteiger partial charge >= 0.3 is 5.97 Å². The molecule has 100 valence electrons. The molecule has 0 saturated heterocycles. The van der Waals surface area contributed by atoms with Gasteiger partial charge in [-0.05, 0) is 46.2 Å². The molecule has 1 N–H and O–H groups in total. The monoisotopic (exact) mass is 242 g/mol. The van der Waals surface area contributed by atoms with Crippen LogP contribution in [-0.4, -0.2) is 49.7 Å². The highest BCUT2D eigenvalue weighted by atomic mass is 16.5. The van der Waals surface area contributed by atoms with E-state index in [-0.39, 0.29) is 5.97 Å². The van der Waals surface area contributed by atoms with Crippen molar-refractivity contribution >= 4 is 5.97 Å². The SMILES string of the molecule is CCNC(C)(CN(C)CC1CC1)C(=O)OCC. The predicted octanol–water partition coefficient (Wildman–Crippen LogP) is 1.26. The zero-order valence-electron chi connectivity index (χ0n) is 11.6. The van der Waals surface area contributed by atoms with Crippen molar-refractivity contribution in [3.63, 3.8) is 0 Å². The highest BCUT2D eigenvalue weighted by Crippen LogP contribution is 2.29. The van der Waals surface area contributed by atoms with Gasteiger partial charge in [-0.2, -0.15) is 0 Å². The van der Waals surface area contributed by atoms with Gasteiger partial charge < -0.3 is 15.0 Å². The minimum Gasteiger partial charge on any atom is -0.465 e. The summed E-state index contributed by atoms with van der Waals surface area (Å²) in [6.07, 6.45) is 2.67. The van der Waals surface area contributed by atoms with Crippen molar-refractivity contribution in [1.82, 2.24) is 10.2 Å². The van der Waals surface area contributed by atoms with Gasteiger partial charge in [-0.3, -0.25) is 4.79 Å². The molecule has 0 amide bonds. The number of carbonyl (C=O) groups excluding carboxylic acids is 1. The normalized spacial score (nSPS) is 19.1. The number of hydrogen-bond acceptors (Lipinski definition) is 4. The Labute approximate surface area is 105 Å². The number of rotatable bonds is 8. The topological polar surface area (TPSA) is 41.6 Å². The molecule has 1 saturated carbocycles. The third-order valence-corrected chi connectivity index (χ3v) is 3.15. The van der Waals surface area contributed by atoms with Crippen LogP contribution in [0.25, 0.3) is 0 Å². The number of nitrogens with one attached hydrogen (secondary N) is 1. The minimum absolute atomic E-state index is 0.149. The fraction of sp³-hybridized carbons (Fsp3) is 0.923. The second-order valence-electron chi connectivity index (χ2n) is 5.22. The molecule has 0 radical (unpaired) electrons. The number of nitrogens with zero attached hydrogens (tertiary/aromatic N) is 1. The Morgan fingerprint density at radius 2 is 2.12 bits per heavy atom. The lowest BCUT2D eigenvalue weighted by molar-refractivity contribution is -0.151. The molecule has 0 heterocycles. The number of ether oxygens (including phenoxy) is 1. The first kappa shape index (κ1) is 14.5. The van der Waals surface area contributed by atoms with Gasteiger partial charge in [0, 0.05) is 13.1 Å². The van der Waals surface area contributed by atoms with Crippen LogP contribution >= 0.6 is 0 Å². The largest absolute Gasteiger partial charge is 0.465 e. The predicted molar refractivity (Wildman–Crippen MR) is 68.9 cm³/mol. The van der Waals surface area contributed by atoms with E-state index in [1.807, 2.05) is 20.8 Å². The smallest absolute Gasteiger partial charge is 0.327 e. The van der Waals surface area contributed by atoms with E-state index in [0.29, 0.717) is 13.2 Å². The van der Waals surface area contributed by atoms with Gasteiger partial charge in [-0.15, -0.1) is 0 Å². The van der Waals surface area contributed by atoms with Crippen LogP contribution in [0, 0.1) is 5.92 Å². The van der Waals surface area contributed by atoms with E-state index in [0.717, 1.165) is 19.0 Å². The summed E-state index contributed by atoms with van der Waals surface area (Å²) in [7, 11) is 2.08. The summed E-state index contributed by atoms with van der Waals surface area (Å²) < 4.78 is 5.15. The van der Waals surface area contributed by atoms with Crippen LogP contribution in [0.4, 0.5) is 0 Å². The molecule has 1 fully saturated rings. The summed E-state index contributed by atoms with van der Waals surface area (Å²) in [6.45, 7) is 8.78. The lowest BCUT2D eigenvalue weighted by Crippen LogP contribution is -2.57. The van der Waals surface area contributed by atoms with Crippen LogP contribution in [0.3, 0.4) is 0 Å².